The molecule has 1 aliphatic heterocycles. The average molecular weight is 352 g/mol. The van der Waals surface area contributed by atoms with Crippen molar-refractivity contribution in [3.05, 3.63) is 43.0 Å². The Hall–Kier alpha value is -2.65. The van der Waals surface area contributed by atoms with Crippen LogP contribution < -0.4 is 17.0 Å². The fourth-order valence-corrected chi connectivity index (χ4v) is 2.33. The lowest BCUT2D eigenvalue weighted by molar-refractivity contribution is -0.234. The van der Waals surface area contributed by atoms with E-state index in [1.54, 1.807) is 0 Å². The van der Waals surface area contributed by atoms with Gasteiger partial charge in [-0.1, -0.05) is 17.0 Å². The van der Waals surface area contributed by atoms with Gasteiger partial charge in [0, 0.05) is 17.5 Å². The van der Waals surface area contributed by atoms with E-state index in [1.165, 1.54) is 6.20 Å². The van der Waals surface area contributed by atoms with Crippen LogP contribution in [0.4, 0.5) is 0 Å². The van der Waals surface area contributed by atoms with Crippen LogP contribution in [0.15, 0.2) is 20.9 Å². The van der Waals surface area contributed by atoms with Gasteiger partial charge >= 0.3 is 5.69 Å². The van der Waals surface area contributed by atoms with Crippen LogP contribution in [0.25, 0.3) is 10.4 Å². The van der Waals surface area contributed by atoms with Gasteiger partial charge in [0.15, 0.2) is 5.79 Å². The van der Waals surface area contributed by atoms with Crippen molar-refractivity contribution in [2.45, 2.75) is 24.5 Å². The van der Waals surface area contributed by atoms with E-state index in [0.29, 0.717) is 0 Å². The van der Waals surface area contributed by atoms with Crippen LogP contribution in [0.3, 0.4) is 0 Å². The molecular weight excluding hydrogens is 336 g/mol. The Kier molecular flexibility index (Phi) is 5.94. The summed E-state index contributed by atoms with van der Waals surface area (Å²) < 4.78 is 11.5. The van der Waals surface area contributed by atoms with E-state index in [-0.39, 0.29) is 18.5 Å². The molecule has 0 radical (unpaired) electrons. The molecule has 5 N–H and O–H groups in total. The average Bonchev–Trinajstić information content (AvgIpc) is 2.91. The van der Waals surface area contributed by atoms with E-state index in [2.05, 4.69) is 26.9 Å². The van der Waals surface area contributed by atoms with Crippen molar-refractivity contribution in [1.29, 1.82) is 0 Å². The highest BCUT2D eigenvalue weighted by molar-refractivity contribution is 5.29. The Morgan fingerprint density at radius 2 is 2.40 bits per heavy atom. The van der Waals surface area contributed by atoms with Gasteiger partial charge < -0.3 is 25.4 Å². The number of H-pyrrole nitrogens is 1. The number of ether oxygens (including phenoxy) is 2. The third-order valence-corrected chi connectivity index (χ3v) is 3.50. The number of nitrogens with zero attached hydrogens (tertiary/aromatic N) is 4. The Labute approximate surface area is 140 Å². The SMILES string of the molecule is [N-]=[N+]=NCO[C@]1(O)C[C@H](n2cc(C#CCN)c(=O)[nH]c2=O)O[C@@H]1CO. The molecule has 2 rings (SSSR count). The summed E-state index contributed by atoms with van der Waals surface area (Å²) in [6.45, 7) is -1.08. The summed E-state index contributed by atoms with van der Waals surface area (Å²) in [4.78, 5) is 28.3. The minimum atomic E-state index is -1.98. The first-order valence-corrected chi connectivity index (χ1v) is 7.13. The van der Waals surface area contributed by atoms with Gasteiger partial charge in [-0.2, -0.15) is 0 Å². The summed E-state index contributed by atoms with van der Waals surface area (Å²) in [5.74, 6) is 3.03. The summed E-state index contributed by atoms with van der Waals surface area (Å²) in [7, 11) is 0. The fraction of sp³-hybridized carbons (Fsp3) is 0.538. The molecule has 1 aromatic rings. The Morgan fingerprint density at radius 1 is 1.64 bits per heavy atom. The zero-order chi connectivity index (χ0) is 18.4. The summed E-state index contributed by atoms with van der Waals surface area (Å²) in [6, 6.07) is 0. The second kappa shape index (κ2) is 7.95. The first kappa shape index (κ1) is 18.7. The standard InChI is InChI=1S/C13H16N6O6/c14-3-1-2-8-5-19(12(22)17-11(8)21)10-4-13(23,9(6-20)25-10)24-7-16-18-15/h5,9-10,20,23H,3-4,6-7,14H2,(H,17,21,22)/t9-,10-,13-/m1/s1. The molecule has 0 saturated carbocycles. The van der Waals surface area contributed by atoms with Crippen LogP contribution in [0.2, 0.25) is 0 Å². The molecule has 0 unspecified atom stereocenters. The van der Waals surface area contributed by atoms with Gasteiger partial charge in [0.1, 0.15) is 24.6 Å². The molecule has 0 bridgehead atoms. The molecule has 1 aromatic heterocycles. The molecule has 3 atom stereocenters. The van der Waals surface area contributed by atoms with Crippen LogP contribution in [0, 0.1) is 11.8 Å². The number of rotatable bonds is 5. The van der Waals surface area contributed by atoms with Crippen LogP contribution in [-0.4, -0.2) is 51.5 Å². The lowest BCUT2D eigenvalue weighted by Gasteiger charge is -2.25. The van der Waals surface area contributed by atoms with Gasteiger partial charge in [-0.3, -0.25) is 14.3 Å². The van der Waals surface area contributed by atoms with Crippen LogP contribution in [0.5, 0.6) is 0 Å². The van der Waals surface area contributed by atoms with E-state index >= 15 is 0 Å². The topological polar surface area (TPSA) is 189 Å². The molecule has 25 heavy (non-hydrogen) atoms. The highest BCUT2D eigenvalue weighted by atomic mass is 16.7. The van der Waals surface area contributed by atoms with E-state index < -0.39 is 42.7 Å². The second-order valence-corrected chi connectivity index (χ2v) is 5.03. The Bertz CT molecular complexity index is 847. The number of azide groups is 1. The van der Waals surface area contributed by atoms with Crippen molar-refractivity contribution in [2.75, 3.05) is 19.9 Å². The first-order valence-electron chi connectivity index (χ1n) is 7.13. The maximum Gasteiger partial charge on any atom is 0.330 e. The lowest BCUT2D eigenvalue weighted by atomic mass is 10.1. The first-order chi connectivity index (χ1) is 11.9. The van der Waals surface area contributed by atoms with E-state index in [1.807, 2.05) is 0 Å². The minimum Gasteiger partial charge on any atom is -0.393 e. The molecule has 134 valence electrons. The summed E-state index contributed by atoms with van der Waals surface area (Å²) in [5, 5.41) is 22.9. The second-order valence-electron chi connectivity index (χ2n) is 5.03. The predicted molar refractivity (Wildman–Crippen MR) is 82.9 cm³/mol. The van der Waals surface area contributed by atoms with Crippen LogP contribution >= 0.6 is 0 Å². The number of hydrogen-bond acceptors (Lipinski definition) is 8. The molecular formula is C13H16N6O6. The molecule has 1 fully saturated rings. The summed E-state index contributed by atoms with van der Waals surface area (Å²) in [6.07, 6.45) is -1.32. The van der Waals surface area contributed by atoms with Crippen LogP contribution in [0.1, 0.15) is 18.2 Å². The normalized spacial score (nSPS) is 25.1. The van der Waals surface area contributed by atoms with Crippen LogP contribution in [-0.2, 0) is 9.47 Å². The number of aromatic nitrogens is 2. The maximum atomic E-state index is 12.0. The summed E-state index contributed by atoms with van der Waals surface area (Å²) >= 11 is 0. The zero-order valence-corrected chi connectivity index (χ0v) is 13.0. The largest absolute Gasteiger partial charge is 0.393 e. The molecule has 0 aliphatic carbocycles. The van der Waals surface area contributed by atoms with Gasteiger partial charge in [0.2, 0.25) is 0 Å². The minimum absolute atomic E-state index is 0.0142. The van der Waals surface area contributed by atoms with Crippen molar-refractivity contribution in [3.8, 4) is 11.8 Å². The third-order valence-electron chi connectivity index (χ3n) is 3.50. The lowest BCUT2D eigenvalue weighted by Crippen LogP contribution is -2.43. The predicted octanol–water partition coefficient (Wildman–Crippen LogP) is -1.90. The molecule has 12 nitrogen and oxygen atoms in total. The summed E-state index contributed by atoms with van der Waals surface area (Å²) in [5.41, 5.74) is 12.0. The Balaban J connectivity index is 2.34. The van der Waals surface area contributed by atoms with Gasteiger partial charge in [0.05, 0.1) is 13.2 Å². The Morgan fingerprint density at radius 3 is 3.04 bits per heavy atom. The third kappa shape index (κ3) is 4.06. The number of nitrogens with one attached hydrogen (secondary N) is 1. The quantitative estimate of drug-likeness (QED) is 0.156. The number of hydrogen-bond donors (Lipinski definition) is 4. The van der Waals surface area contributed by atoms with Gasteiger partial charge in [-0.05, 0) is 5.53 Å². The van der Waals surface area contributed by atoms with Crippen molar-refractivity contribution in [2.24, 2.45) is 10.8 Å². The highest BCUT2D eigenvalue weighted by Gasteiger charge is 2.49. The van der Waals surface area contributed by atoms with Gasteiger partial charge in [0.25, 0.3) is 5.56 Å². The maximum absolute atomic E-state index is 12.0. The van der Waals surface area contributed by atoms with E-state index in [9.17, 15) is 19.8 Å². The van der Waals surface area contributed by atoms with Gasteiger partial charge in [-0.25, -0.2) is 4.79 Å². The number of aliphatic hydroxyl groups is 2. The monoisotopic (exact) mass is 352 g/mol. The van der Waals surface area contributed by atoms with E-state index in [0.717, 1.165) is 4.57 Å². The smallest absolute Gasteiger partial charge is 0.330 e. The zero-order valence-electron chi connectivity index (χ0n) is 13.0. The molecule has 1 saturated heterocycles. The molecule has 1 aliphatic rings. The molecule has 2 heterocycles. The number of aliphatic hydroxyl groups excluding tert-OH is 1. The van der Waals surface area contributed by atoms with Gasteiger partial charge in [-0.15, -0.1) is 0 Å². The molecule has 0 amide bonds. The van der Waals surface area contributed by atoms with E-state index in [4.69, 9.17) is 20.7 Å². The van der Waals surface area contributed by atoms with Crippen molar-refractivity contribution in [1.82, 2.24) is 9.55 Å². The molecule has 0 spiro atoms. The molecule has 0 aromatic carbocycles. The fourth-order valence-electron chi connectivity index (χ4n) is 2.33. The van der Waals surface area contributed by atoms with Crippen molar-refractivity contribution in [3.63, 3.8) is 0 Å². The molecule has 12 heteroatoms. The van der Waals surface area contributed by atoms with Crippen molar-refractivity contribution < 1.29 is 19.7 Å². The number of aromatic amines is 1. The van der Waals surface area contributed by atoms with Crippen molar-refractivity contribution >= 4 is 0 Å². The highest BCUT2D eigenvalue weighted by Crippen LogP contribution is 2.36. The number of nitrogens with two attached hydrogens (primary N) is 1.